The number of rotatable bonds is 10. The third kappa shape index (κ3) is 7.78. The predicted molar refractivity (Wildman–Crippen MR) is 84.2 cm³/mol. The topological polar surface area (TPSA) is 60.0 Å². The third-order valence-electron chi connectivity index (χ3n) is 2.53. The van der Waals surface area contributed by atoms with Crippen LogP contribution in [0.25, 0.3) is 0 Å². The molecule has 0 radical (unpaired) electrons. The fraction of sp³-hybridized carbons (Fsp3) is 0.467. The van der Waals surface area contributed by atoms with Crippen LogP contribution in [0.2, 0.25) is 0 Å². The van der Waals surface area contributed by atoms with E-state index in [0.717, 1.165) is 12.1 Å². The van der Waals surface area contributed by atoms with Crippen LogP contribution in [-0.2, 0) is 11.3 Å². The third-order valence-corrected chi connectivity index (χ3v) is 2.53. The molecule has 0 aliphatic carbocycles. The summed E-state index contributed by atoms with van der Waals surface area (Å²) in [6.45, 7) is 2.64. The Hall–Kier alpha value is -1.45. The largest absolute Gasteiger partial charge is 0.493 e. The Morgan fingerprint density at radius 2 is 2.10 bits per heavy atom. The van der Waals surface area contributed by atoms with E-state index < -0.39 is 0 Å². The number of aliphatic hydroxyl groups excluding tert-OH is 1. The zero-order chi connectivity index (χ0) is 14.6. The first-order valence-electron chi connectivity index (χ1n) is 6.44. The van der Waals surface area contributed by atoms with Crippen LogP contribution >= 0.6 is 12.4 Å². The molecule has 21 heavy (non-hydrogen) atoms. The molecule has 0 heterocycles. The maximum atomic E-state index is 8.56. The van der Waals surface area contributed by atoms with Gasteiger partial charge in [-0.25, -0.2) is 0 Å². The zero-order valence-corrected chi connectivity index (χ0v) is 12.9. The smallest absolute Gasteiger partial charge is 0.162 e. The lowest BCUT2D eigenvalue weighted by atomic mass is 10.2. The number of hydrogen-bond acceptors (Lipinski definition) is 5. The lowest BCUT2D eigenvalue weighted by Crippen LogP contribution is -2.20. The summed E-state index contributed by atoms with van der Waals surface area (Å²) in [5.41, 5.74) is 1.08. The summed E-state index contributed by atoms with van der Waals surface area (Å²) in [6.07, 6.45) is 5.16. The Balaban J connectivity index is 0.00000400. The number of ether oxygens (including phenoxy) is 3. The van der Waals surface area contributed by atoms with E-state index >= 15 is 0 Å². The van der Waals surface area contributed by atoms with Crippen molar-refractivity contribution in [2.45, 2.75) is 6.54 Å². The van der Waals surface area contributed by atoms with Crippen molar-refractivity contribution in [1.29, 1.82) is 0 Å². The lowest BCUT2D eigenvalue weighted by molar-refractivity contribution is 0.0938. The molecule has 1 rings (SSSR count). The van der Waals surface area contributed by atoms with Crippen molar-refractivity contribution >= 4 is 12.4 Å². The van der Waals surface area contributed by atoms with Crippen molar-refractivity contribution in [2.75, 3.05) is 40.1 Å². The molecule has 2 N–H and O–H groups in total. The molecule has 0 saturated heterocycles. The molecule has 1 aromatic rings. The van der Waals surface area contributed by atoms with Gasteiger partial charge in [0.05, 0.1) is 26.9 Å². The molecule has 0 bridgehead atoms. The van der Waals surface area contributed by atoms with E-state index in [2.05, 4.69) is 11.2 Å². The lowest BCUT2D eigenvalue weighted by Gasteiger charge is -2.11. The van der Waals surface area contributed by atoms with Crippen molar-refractivity contribution in [2.24, 2.45) is 0 Å². The Bertz CT molecular complexity index is 434. The molecule has 0 spiro atoms. The standard InChI is InChI=1S/C15H21NO4.ClH/c1-3-8-20-14-5-4-13(11-15(14)18-2)12-16-6-9-19-10-7-17;/h1,4-5,11,16-17H,6-10,12H2,2H3;1H. The molecule has 0 amide bonds. The summed E-state index contributed by atoms with van der Waals surface area (Å²) in [6, 6.07) is 5.71. The predicted octanol–water partition coefficient (Wildman–Crippen LogP) is 1.23. The molecule has 0 saturated carbocycles. The molecule has 0 unspecified atom stereocenters. The van der Waals surface area contributed by atoms with Gasteiger partial charge in [0.2, 0.25) is 0 Å². The average Bonchev–Trinajstić information content (AvgIpc) is 2.49. The van der Waals surface area contributed by atoms with Gasteiger partial charge in [0.15, 0.2) is 11.5 Å². The number of halogens is 1. The van der Waals surface area contributed by atoms with Crippen molar-refractivity contribution in [3.63, 3.8) is 0 Å². The molecular weight excluding hydrogens is 294 g/mol. The van der Waals surface area contributed by atoms with Crippen molar-refractivity contribution in [3.8, 4) is 23.8 Å². The van der Waals surface area contributed by atoms with Crippen LogP contribution in [0.1, 0.15) is 5.56 Å². The second-order valence-corrected chi connectivity index (χ2v) is 3.99. The second-order valence-electron chi connectivity index (χ2n) is 3.99. The summed E-state index contributed by atoms with van der Waals surface area (Å²) in [4.78, 5) is 0. The highest BCUT2D eigenvalue weighted by molar-refractivity contribution is 5.85. The number of nitrogens with one attached hydrogen (secondary N) is 1. The molecule has 5 nitrogen and oxygen atoms in total. The number of benzene rings is 1. The van der Waals surface area contributed by atoms with E-state index in [-0.39, 0.29) is 25.6 Å². The van der Waals surface area contributed by atoms with Crippen molar-refractivity contribution in [1.82, 2.24) is 5.32 Å². The van der Waals surface area contributed by atoms with Crippen molar-refractivity contribution in [3.05, 3.63) is 23.8 Å². The highest BCUT2D eigenvalue weighted by Gasteiger charge is 2.05. The normalized spacial score (nSPS) is 9.57. The Labute approximate surface area is 132 Å². The van der Waals surface area contributed by atoms with E-state index in [0.29, 0.717) is 31.3 Å². The maximum absolute atomic E-state index is 8.56. The fourth-order valence-electron chi connectivity index (χ4n) is 1.60. The average molecular weight is 316 g/mol. The second kappa shape index (κ2) is 12.3. The summed E-state index contributed by atoms with van der Waals surface area (Å²) in [5, 5.41) is 11.8. The first-order valence-corrected chi connectivity index (χ1v) is 6.44. The highest BCUT2D eigenvalue weighted by atomic mass is 35.5. The van der Waals surface area contributed by atoms with Gasteiger partial charge in [-0.05, 0) is 17.7 Å². The first kappa shape index (κ1) is 19.6. The van der Waals surface area contributed by atoms with Crippen LogP contribution < -0.4 is 14.8 Å². The number of hydrogen-bond donors (Lipinski definition) is 2. The monoisotopic (exact) mass is 315 g/mol. The SMILES string of the molecule is C#CCOc1ccc(CNCCOCCO)cc1OC.Cl. The molecular formula is C15H22ClNO4. The van der Waals surface area contributed by atoms with Crippen LogP contribution in [0.5, 0.6) is 11.5 Å². The molecule has 6 heteroatoms. The molecule has 0 fully saturated rings. The van der Waals surface area contributed by atoms with Gasteiger partial charge < -0.3 is 24.6 Å². The van der Waals surface area contributed by atoms with Gasteiger partial charge in [-0.15, -0.1) is 18.8 Å². The minimum absolute atomic E-state index is 0. The summed E-state index contributed by atoms with van der Waals surface area (Å²) < 4.78 is 15.8. The van der Waals surface area contributed by atoms with E-state index in [9.17, 15) is 0 Å². The molecule has 0 aliphatic rings. The van der Waals surface area contributed by atoms with Gasteiger partial charge in [-0.1, -0.05) is 12.0 Å². The molecule has 0 aliphatic heterocycles. The Morgan fingerprint density at radius 3 is 2.76 bits per heavy atom. The van der Waals surface area contributed by atoms with Crippen LogP contribution in [0.15, 0.2) is 18.2 Å². The van der Waals surface area contributed by atoms with Crippen LogP contribution in [0.4, 0.5) is 0 Å². The van der Waals surface area contributed by atoms with Gasteiger partial charge in [-0.2, -0.15) is 0 Å². The molecule has 0 atom stereocenters. The van der Waals surface area contributed by atoms with Crippen LogP contribution in [-0.4, -0.2) is 45.2 Å². The van der Waals surface area contributed by atoms with E-state index in [1.807, 2.05) is 18.2 Å². The van der Waals surface area contributed by atoms with Gasteiger partial charge >= 0.3 is 0 Å². The van der Waals surface area contributed by atoms with Crippen LogP contribution in [0, 0.1) is 12.3 Å². The molecule has 118 valence electrons. The van der Waals surface area contributed by atoms with E-state index in [1.54, 1.807) is 7.11 Å². The molecule has 1 aromatic carbocycles. The minimum atomic E-state index is 0. The number of methoxy groups -OCH3 is 1. The Kier molecular flexibility index (Phi) is 11.5. The quantitative estimate of drug-likeness (QED) is 0.502. The first-order chi connectivity index (χ1) is 9.81. The van der Waals surface area contributed by atoms with Gasteiger partial charge in [0.25, 0.3) is 0 Å². The van der Waals surface area contributed by atoms with Gasteiger partial charge in [-0.3, -0.25) is 0 Å². The van der Waals surface area contributed by atoms with Crippen LogP contribution in [0.3, 0.4) is 0 Å². The summed E-state index contributed by atoms with van der Waals surface area (Å²) in [5.74, 6) is 3.72. The van der Waals surface area contributed by atoms with Gasteiger partial charge in [0.1, 0.15) is 6.61 Å². The zero-order valence-electron chi connectivity index (χ0n) is 12.1. The van der Waals surface area contributed by atoms with E-state index in [1.165, 1.54) is 0 Å². The minimum Gasteiger partial charge on any atom is -0.493 e. The van der Waals surface area contributed by atoms with Crippen molar-refractivity contribution < 1.29 is 19.3 Å². The van der Waals surface area contributed by atoms with Gasteiger partial charge in [0, 0.05) is 13.1 Å². The highest BCUT2D eigenvalue weighted by Crippen LogP contribution is 2.27. The fourth-order valence-corrected chi connectivity index (χ4v) is 1.60. The number of terminal acetylenes is 1. The molecule has 0 aromatic heterocycles. The summed E-state index contributed by atoms with van der Waals surface area (Å²) in [7, 11) is 1.60. The van der Waals surface area contributed by atoms with E-state index in [4.69, 9.17) is 25.7 Å². The summed E-state index contributed by atoms with van der Waals surface area (Å²) >= 11 is 0. The number of aliphatic hydroxyl groups is 1. The maximum Gasteiger partial charge on any atom is 0.162 e. The Morgan fingerprint density at radius 1 is 1.29 bits per heavy atom.